The first-order valence-electron chi connectivity index (χ1n) is 6.97. The molecule has 0 saturated carbocycles. The van der Waals surface area contributed by atoms with Gasteiger partial charge in [0.1, 0.15) is 0 Å². The number of hydrogen-bond acceptors (Lipinski definition) is 0. The summed E-state index contributed by atoms with van der Waals surface area (Å²) in [6.07, 6.45) is 13.2. The van der Waals surface area contributed by atoms with Crippen LogP contribution in [0.3, 0.4) is 0 Å². The van der Waals surface area contributed by atoms with Crippen LogP contribution in [-0.2, 0) is 7.05 Å². The lowest BCUT2D eigenvalue weighted by molar-refractivity contribution is 0.873. The van der Waals surface area contributed by atoms with Crippen molar-refractivity contribution in [3.05, 3.63) is 47.1 Å². The van der Waals surface area contributed by atoms with Gasteiger partial charge < -0.3 is 4.57 Å². The summed E-state index contributed by atoms with van der Waals surface area (Å²) in [5.41, 5.74) is 2.36. The molecule has 0 radical (unpaired) electrons. The molecule has 0 aromatic carbocycles. The summed E-state index contributed by atoms with van der Waals surface area (Å²) in [4.78, 5) is 0. The molecule has 1 nitrogen and oxygen atoms in total. The van der Waals surface area contributed by atoms with Crippen molar-refractivity contribution in [2.75, 3.05) is 0 Å². The van der Waals surface area contributed by atoms with Gasteiger partial charge in [-0.2, -0.15) is 0 Å². The van der Waals surface area contributed by atoms with E-state index in [4.69, 9.17) is 0 Å². The van der Waals surface area contributed by atoms with Gasteiger partial charge in [0.2, 0.25) is 0 Å². The van der Waals surface area contributed by atoms with Crippen molar-refractivity contribution in [1.82, 2.24) is 4.57 Å². The summed E-state index contributed by atoms with van der Waals surface area (Å²) >= 11 is 0. The third-order valence-corrected chi connectivity index (χ3v) is 2.77. The summed E-state index contributed by atoms with van der Waals surface area (Å²) in [7, 11) is 2.08. The predicted molar refractivity (Wildman–Crippen MR) is 90.2 cm³/mol. The van der Waals surface area contributed by atoms with Crippen LogP contribution >= 0.6 is 0 Å². The Kier molecular flexibility index (Phi) is 8.35. The van der Waals surface area contributed by atoms with Gasteiger partial charge >= 0.3 is 0 Å². The number of rotatable bonds is 4. The van der Waals surface area contributed by atoms with Gasteiger partial charge in [0.25, 0.3) is 0 Å². The third kappa shape index (κ3) is 3.85. The smallest absolute Gasteiger partial charge is 0.0482 e. The summed E-state index contributed by atoms with van der Waals surface area (Å²) in [5, 5.41) is 2.45. The van der Waals surface area contributed by atoms with Crippen molar-refractivity contribution in [3.8, 4) is 0 Å². The maximum atomic E-state index is 3.90. The normalized spacial score (nSPS) is 12.5. The van der Waals surface area contributed by atoms with Crippen molar-refractivity contribution < 1.29 is 0 Å². The molecule has 1 heteroatoms. The molecule has 104 valence electrons. The molecule has 1 rings (SSSR count). The molecule has 0 fully saturated rings. The quantitative estimate of drug-likeness (QED) is 0.771. The molecule has 1 aromatic heterocycles. The van der Waals surface area contributed by atoms with E-state index in [1.807, 2.05) is 32.9 Å². The molecule has 19 heavy (non-hydrogen) atoms. The Morgan fingerprint density at radius 1 is 1.21 bits per heavy atom. The standard InChI is InChI=1S/C16H21N.C2H6/c1-6-10-13-14(11-7-2)16(12-8-3)17(5)15(13)9-4;1-2/h6-7,9-12H,2,4,8H2,1,3,5H3;1-2H3/b10-6-,14-11-,16-12+;. The summed E-state index contributed by atoms with van der Waals surface area (Å²) in [6, 6.07) is 0. The molecule has 0 unspecified atom stereocenters. The first kappa shape index (κ1) is 17.2. The number of hydrogen-bond donors (Lipinski definition) is 0. The fourth-order valence-corrected chi connectivity index (χ4v) is 2.09. The van der Waals surface area contributed by atoms with Gasteiger partial charge in [0.15, 0.2) is 0 Å². The lowest BCUT2D eigenvalue weighted by atomic mass is 10.1. The Hall–Kier alpha value is -1.76. The zero-order valence-electron chi connectivity index (χ0n) is 13.0. The Labute approximate surface area is 118 Å². The van der Waals surface area contributed by atoms with E-state index >= 15 is 0 Å². The number of nitrogens with zero attached hydrogens (tertiary/aromatic N) is 1. The summed E-state index contributed by atoms with van der Waals surface area (Å²) in [5.74, 6) is 0. The second-order valence-corrected chi connectivity index (χ2v) is 3.88. The molecule has 0 N–H and O–H groups in total. The van der Waals surface area contributed by atoms with E-state index in [-0.39, 0.29) is 0 Å². The van der Waals surface area contributed by atoms with E-state index in [2.05, 4.69) is 56.0 Å². The first-order valence-corrected chi connectivity index (χ1v) is 6.97. The second-order valence-electron chi connectivity index (χ2n) is 3.88. The molecule has 0 saturated heterocycles. The van der Waals surface area contributed by atoms with E-state index in [0.717, 1.165) is 12.1 Å². The fraction of sp³-hybridized carbons (Fsp3) is 0.333. The lowest BCUT2D eigenvalue weighted by Gasteiger charge is -1.98. The molecule has 0 aliphatic carbocycles. The van der Waals surface area contributed by atoms with Gasteiger partial charge in [-0.25, -0.2) is 0 Å². The fourth-order valence-electron chi connectivity index (χ4n) is 2.09. The van der Waals surface area contributed by atoms with Crippen LogP contribution in [-0.4, -0.2) is 4.57 Å². The van der Waals surface area contributed by atoms with Crippen LogP contribution in [0.25, 0.3) is 24.3 Å². The SMILES string of the molecule is C=C/C=c1/c(/C=C\C)c(C=C)n(C)/c1=C/CC.CC. The monoisotopic (exact) mass is 257 g/mol. The van der Waals surface area contributed by atoms with Gasteiger partial charge in [0, 0.05) is 28.9 Å². The zero-order valence-corrected chi connectivity index (χ0v) is 13.0. The summed E-state index contributed by atoms with van der Waals surface area (Å²) in [6.45, 7) is 15.9. The van der Waals surface area contributed by atoms with E-state index in [1.54, 1.807) is 0 Å². The zero-order chi connectivity index (χ0) is 14.8. The van der Waals surface area contributed by atoms with Gasteiger partial charge in [-0.3, -0.25) is 0 Å². The van der Waals surface area contributed by atoms with Crippen LogP contribution in [0.4, 0.5) is 0 Å². The molecule has 0 spiro atoms. The summed E-state index contributed by atoms with van der Waals surface area (Å²) < 4.78 is 2.18. The van der Waals surface area contributed by atoms with Crippen molar-refractivity contribution >= 4 is 24.3 Å². The minimum absolute atomic E-state index is 1.02. The van der Waals surface area contributed by atoms with Crippen molar-refractivity contribution in [2.24, 2.45) is 7.05 Å². The predicted octanol–water partition coefficient (Wildman–Crippen LogP) is 3.88. The molecular formula is C18H27N. The third-order valence-electron chi connectivity index (χ3n) is 2.77. The number of allylic oxidation sites excluding steroid dienone is 2. The molecule has 0 atom stereocenters. The highest BCUT2D eigenvalue weighted by Crippen LogP contribution is 2.06. The molecular weight excluding hydrogens is 230 g/mol. The Morgan fingerprint density at radius 3 is 2.26 bits per heavy atom. The van der Waals surface area contributed by atoms with Crippen LogP contribution in [0.5, 0.6) is 0 Å². The molecule has 0 amide bonds. The van der Waals surface area contributed by atoms with E-state index < -0.39 is 0 Å². The van der Waals surface area contributed by atoms with Crippen LogP contribution in [0.15, 0.2) is 25.3 Å². The van der Waals surface area contributed by atoms with Crippen molar-refractivity contribution in [2.45, 2.75) is 34.1 Å². The van der Waals surface area contributed by atoms with Gasteiger partial charge in [-0.1, -0.05) is 64.3 Å². The maximum Gasteiger partial charge on any atom is 0.0482 e. The minimum atomic E-state index is 1.02. The highest BCUT2D eigenvalue weighted by atomic mass is 14.9. The number of aromatic nitrogens is 1. The Bertz CT molecular complexity index is 553. The largest absolute Gasteiger partial charge is 0.344 e. The molecule has 1 aromatic rings. The van der Waals surface area contributed by atoms with Gasteiger partial charge in [-0.05, 0) is 19.4 Å². The highest BCUT2D eigenvalue weighted by molar-refractivity contribution is 5.65. The average Bonchev–Trinajstić information content (AvgIpc) is 2.67. The van der Waals surface area contributed by atoms with Crippen LogP contribution < -0.4 is 10.6 Å². The van der Waals surface area contributed by atoms with Crippen LogP contribution in [0, 0.1) is 0 Å². The maximum absolute atomic E-state index is 3.90. The Morgan fingerprint density at radius 2 is 1.84 bits per heavy atom. The Balaban J connectivity index is 0.00000154. The van der Waals surface area contributed by atoms with Crippen molar-refractivity contribution in [1.29, 1.82) is 0 Å². The average molecular weight is 257 g/mol. The first-order chi connectivity index (χ1) is 9.21. The molecule has 0 aliphatic heterocycles. The van der Waals surface area contributed by atoms with Crippen molar-refractivity contribution in [3.63, 3.8) is 0 Å². The molecule has 0 bridgehead atoms. The van der Waals surface area contributed by atoms with E-state index in [9.17, 15) is 0 Å². The van der Waals surface area contributed by atoms with E-state index in [0.29, 0.717) is 0 Å². The highest BCUT2D eigenvalue weighted by Gasteiger charge is 2.06. The molecule has 0 aliphatic rings. The lowest BCUT2D eigenvalue weighted by Crippen LogP contribution is -2.28. The molecule has 1 heterocycles. The van der Waals surface area contributed by atoms with Crippen LogP contribution in [0.2, 0.25) is 0 Å². The van der Waals surface area contributed by atoms with E-state index in [1.165, 1.54) is 16.1 Å². The second kappa shape index (κ2) is 9.21. The van der Waals surface area contributed by atoms with Gasteiger partial charge in [0.05, 0.1) is 0 Å². The van der Waals surface area contributed by atoms with Gasteiger partial charge in [-0.15, -0.1) is 0 Å². The van der Waals surface area contributed by atoms with Crippen LogP contribution in [0.1, 0.15) is 45.4 Å². The minimum Gasteiger partial charge on any atom is -0.344 e. The topological polar surface area (TPSA) is 4.93 Å².